The van der Waals surface area contributed by atoms with Crippen LogP contribution in [0.2, 0.25) is 0 Å². The Hall–Kier alpha value is -4.20. The largest absolute Gasteiger partial charge is 0.368 e. The molecule has 0 aromatic heterocycles. The van der Waals surface area contributed by atoms with E-state index in [0.717, 1.165) is 12.1 Å². The maximum absolute atomic E-state index is 14.0. The van der Waals surface area contributed by atoms with Gasteiger partial charge in [0.05, 0.1) is 5.56 Å². The lowest BCUT2D eigenvalue weighted by Gasteiger charge is -2.36. The first kappa shape index (κ1) is 25.9. The Bertz CT molecular complexity index is 1230. The molecule has 0 saturated carbocycles. The minimum absolute atomic E-state index is 0.0265. The van der Waals surface area contributed by atoms with Crippen LogP contribution in [0.15, 0.2) is 78.9 Å². The number of anilines is 2. The molecule has 1 aliphatic heterocycles. The molecule has 3 aromatic carbocycles. The van der Waals surface area contributed by atoms with Gasteiger partial charge in [0.15, 0.2) is 0 Å². The van der Waals surface area contributed by atoms with Gasteiger partial charge in [-0.15, -0.1) is 0 Å². The van der Waals surface area contributed by atoms with E-state index in [4.69, 9.17) is 0 Å². The van der Waals surface area contributed by atoms with Gasteiger partial charge in [0, 0.05) is 49.7 Å². The number of piperazine rings is 1. The number of nitrogens with zero attached hydrogens (tertiary/aromatic N) is 3. The Balaban J connectivity index is 1.30. The molecule has 1 heterocycles. The summed E-state index contributed by atoms with van der Waals surface area (Å²) in [5, 5.41) is 2.87. The lowest BCUT2D eigenvalue weighted by Crippen LogP contribution is -2.49. The molecule has 0 atom stereocenters. The van der Waals surface area contributed by atoms with Crippen LogP contribution in [0.25, 0.3) is 0 Å². The molecule has 1 fully saturated rings. The fourth-order valence-corrected chi connectivity index (χ4v) is 4.39. The zero-order chi connectivity index (χ0) is 26.2. The highest BCUT2D eigenvalue weighted by molar-refractivity contribution is 5.99. The number of amides is 3. The summed E-state index contributed by atoms with van der Waals surface area (Å²) >= 11 is 0. The highest BCUT2D eigenvalue weighted by Gasteiger charge is 2.24. The smallest absolute Gasteiger partial charge is 0.256 e. The van der Waals surface area contributed by atoms with Gasteiger partial charge in [0.1, 0.15) is 12.4 Å². The first-order valence-electron chi connectivity index (χ1n) is 12.5. The fourth-order valence-electron chi connectivity index (χ4n) is 4.39. The molecule has 3 aromatic rings. The Morgan fingerprint density at radius 3 is 2.16 bits per heavy atom. The van der Waals surface area contributed by atoms with Crippen LogP contribution in [-0.2, 0) is 4.79 Å². The first-order valence-corrected chi connectivity index (χ1v) is 12.5. The van der Waals surface area contributed by atoms with Crippen molar-refractivity contribution in [1.29, 1.82) is 0 Å². The van der Waals surface area contributed by atoms with Gasteiger partial charge in [-0.1, -0.05) is 37.3 Å². The highest BCUT2D eigenvalue weighted by Crippen LogP contribution is 2.21. The van der Waals surface area contributed by atoms with Crippen LogP contribution in [0.1, 0.15) is 34.1 Å². The summed E-state index contributed by atoms with van der Waals surface area (Å²) in [6, 6.07) is 22.5. The van der Waals surface area contributed by atoms with Crippen molar-refractivity contribution in [2.24, 2.45) is 0 Å². The van der Waals surface area contributed by atoms with E-state index in [1.54, 1.807) is 46.2 Å². The maximum Gasteiger partial charge on any atom is 0.256 e. The van der Waals surface area contributed by atoms with Gasteiger partial charge >= 0.3 is 0 Å². The molecular formula is C29H31FN4O3. The van der Waals surface area contributed by atoms with Crippen molar-refractivity contribution < 1.29 is 18.8 Å². The van der Waals surface area contributed by atoms with E-state index in [1.165, 1.54) is 12.1 Å². The van der Waals surface area contributed by atoms with Gasteiger partial charge in [-0.25, -0.2) is 4.39 Å². The highest BCUT2D eigenvalue weighted by atomic mass is 19.1. The lowest BCUT2D eigenvalue weighted by molar-refractivity contribution is -0.116. The van der Waals surface area contributed by atoms with Gasteiger partial charge in [0.2, 0.25) is 5.91 Å². The summed E-state index contributed by atoms with van der Waals surface area (Å²) in [5.74, 6) is -1.22. The topological polar surface area (TPSA) is 73.0 Å². The third-order valence-corrected chi connectivity index (χ3v) is 6.32. The minimum atomic E-state index is -0.505. The Labute approximate surface area is 216 Å². The molecule has 0 bridgehead atoms. The molecule has 3 amide bonds. The summed E-state index contributed by atoms with van der Waals surface area (Å²) < 4.78 is 14.0. The Morgan fingerprint density at radius 2 is 1.51 bits per heavy atom. The second kappa shape index (κ2) is 12.2. The third kappa shape index (κ3) is 6.52. The van der Waals surface area contributed by atoms with E-state index in [0.29, 0.717) is 44.0 Å². The van der Waals surface area contributed by atoms with E-state index in [-0.39, 0.29) is 29.8 Å². The van der Waals surface area contributed by atoms with Crippen molar-refractivity contribution in [2.75, 3.05) is 49.5 Å². The van der Waals surface area contributed by atoms with Crippen molar-refractivity contribution in [3.63, 3.8) is 0 Å². The maximum atomic E-state index is 14.0. The number of halogens is 1. The predicted octanol–water partition coefficient (Wildman–Crippen LogP) is 4.28. The van der Waals surface area contributed by atoms with Crippen molar-refractivity contribution in [1.82, 2.24) is 9.80 Å². The standard InChI is InChI=1S/C29H31FN4O3/c1-2-16-34(28(36)22-8-4-3-5-9-22)21-27(35)31-23-12-14-24(15-13-23)32-17-19-33(20-18-32)29(37)25-10-6-7-11-26(25)30/h3-15H,2,16-21H2,1H3,(H,31,35). The summed E-state index contributed by atoms with van der Waals surface area (Å²) in [5.41, 5.74) is 2.27. The molecular weight excluding hydrogens is 471 g/mol. The molecule has 0 spiro atoms. The quantitative estimate of drug-likeness (QED) is 0.499. The zero-order valence-corrected chi connectivity index (χ0v) is 20.9. The molecule has 1 aliphatic rings. The lowest BCUT2D eigenvalue weighted by atomic mass is 10.1. The van der Waals surface area contributed by atoms with E-state index in [2.05, 4.69) is 10.2 Å². The number of nitrogens with one attached hydrogen (secondary N) is 1. The third-order valence-electron chi connectivity index (χ3n) is 6.32. The van der Waals surface area contributed by atoms with Gasteiger partial charge in [-0.3, -0.25) is 14.4 Å². The first-order chi connectivity index (χ1) is 18.0. The molecule has 0 radical (unpaired) electrons. The van der Waals surface area contributed by atoms with Crippen LogP contribution < -0.4 is 10.2 Å². The van der Waals surface area contributed by atoms with Gasteiger partial charge in [-0.05, 0) is 55.0 Å². The van der Waals surface area contributed by atoms with Gasteiger partial charge in [-0.2, -0.15) is 0 Å². The van der Waals surface area contributed by atoms with Gasteiger partial charge in [0.25, 0.3) is 11.8 Å². The Kier molecular flexibility index (Phi) is 8.51. The van der Waals surface area contributed by atoms with Gasteiger partial charge < -0.3 is 20.0 Å². The number of hydrogen-bond donors (Lipinski definition) is 1. The van der Waals surface area contributed by atoms with Crippen molar-refractivity contribution in [2.45, 2.75) is 13.3 Å². The molecule has 1 N–H and O–H groups in total. The molecule has 7 nitrogen and oxygen atoms in total. The Morgan fingerprint density at radius 1 is 0.865 bits per heavy atom. The number of carbonyl (C=O) groups excluding carboxylic acids is 3. The molecule has 4 rings (SSSR count). The predicted molar refractivity (Wildman–Crippen MR) is 142 cm³/mol. The zero-order valence-electron chi connectivity index (χ0n) is 20.9. The van der Waals surface area contributed by atoms with E-state index in [1.807, 2.05) is 37.3 Å². The SMILES string of the molecule is CCCN(CC(=O)Nc1ccc(N2CCN(C(=O)c3ccccc3F)CC2)cc1)C(=O)c1ccccc1. The molecule has 0 aliphatic carbocycles. The number of hydrogen-bond acceptors (Lipinski definition) is 4. The second-order valence-corrected chi connectivity index (χ2v) is 8.95. The average molecular weight is 503 g/mol. The van der Waals surface area contributed by atoms with Crippen LogP contribution in [0.5, 0.6) is 0 Å². The van der Waals surface area contributed by atoms with Crippen molar-refractivity contribution >= 4 is 29.1 Å². The summed E-state index contributed by atoms with van der Waals surface area (Å²) in [4.78, 5) is 43.5. The van der Waals surface area contributed by atoms with E-state index in [9.17, 15) is 18.8 Å². The monoisotopic (exact) mass is 502 g/mol. The number of rotatable bonds is 8. The summed E-state index contributed by atoms with van der Waals surface area (Å²) in [7, 11) is 0. The molecule has 8 heteroatoms. The molecule has 37 heavy (non-hydrogen) atoms. The van der Waals surface area contributed by atoms with Crippen molar-refractivity contribution in [3.8, 4) is 0 Å². The summed E-state index contributed by atoms with van der Waals surface area (Å²) in [6.45, 7) is 4.67. The fraction of sp³-hybridized carbons (Fsp3) is 0.276. The minimum Gasteiger partial charge on any atom is -0.368 e. The van der Waals surface area contributed by atoms with Crippen LogP contribution in [0, 0.1) is 5.82 Å². The molecule has 0 unspecified atom stereocenters. The second-order valence-electron chi connectivity index (χ2n) is 8.95. The van der Waals surface area contributed by atoms with Crippen LogP contribution in [0.4, 0.5) is 15.8 Å². The van der Waals surface area contributed by atoms with Crippen LogP contribution >= 0.6 is 0 Å². The normalized spacial score (nSPS) is 13.2. The van der Waals surface area contributed by atoms with Crippen LogP contribution in [-0.4, -0.2) is 66.8 Å². The molecule has 192 valence electrons. The summed E-state index contributed by atoms with van der Waals surface area (Å²) in [6.07, 6.45) is 0.750. The van der Waals surface area contributed by atoms with E-state index < -0.39 is 5.82 Å². The average Bonchev–Trinajstić information content (AvgIpc) is 2.93. The number of benzene rings is 3. The van der Waals surface area contributed by atoms with Crippen LogP contribution in [0.3, 0.4) is 0 Å². The number of carbonyl (C=O) groups is 3. The molecule has 1 saturated heterocycles. The van der Waals surface area contributed by atoms with Crippen molar-refractivity contribution in [3.05, 3.63) is 95.8 Å². The van der Waals surface area contributed by atoms with E-state index >= 15 is 0 Å².